The highest BCUT2D eigenvalue weighted by molar-refractivity contribution is 7.92. The number of thiocarbonyl (C=S) groups is 1. The van der Waals surface area contributed by atoms with Crippen LogP contribution in [0.15, 0.2) is 59.5 Å². The van der Waals surface area contributed by atoms with Crippen molar-refractivity contribution < 1.29 is 8.42 Å². The van der Waals surface area contributed by atoms with Crippen molar-refractivity contribution in [1.29, 1.82) is 0 Å². The molecule has 3 rings (SSSR count). The summed E-state index contributed by atoms with van der Waals surface area (Å²) >= 11 is 5.38. The molecule has 3 aromatic rings. The predicted molar refractivity (Wildman–Crippen MR) is 134 cm³/mol. The molecule has 0 amide bonds. The molecule has 0 aliphatic heterocycles. The first-order valence-electron chi connectivity index (χ1n) is 9.90. The van der Waals surface area contributed by atoms with Crippen LogP contribution < -0.4 is 15.4 Å². The van der Waals surface area contributed by atoms with Gasteiger partial charge in [0.05, 0.1) is 10.6 Å². The van der Waals surface area contributed by atoms with E-state index in [0.717, 1.165) is 33.5 Å². The molecule has 5 nitrogen and oxygen atoms in total. The van der Waals surface area contributed by atoms with Crippen LogP contribution in [0.25, 0.3) is 0 Å². The van der Waals surface area contributed by atoms with Gasteiger partial charge in [0.1, 0.15) is 0 Å². The van der Waals surface area contributed by atoms with Crippen LogP contribution >= 0.6 is 12.2 Å². The van der Waals surface area contributed by atoms with Gasteiger partial charge in [-0.05, 0) is 105 Å². The second kappa shape index (κ2) is 9.08. The summed E-state index contributed by atoms with van der Waals surface area (Å²) in [5, 5.41) is 6.68. The average Bonchev–Trinajstić information content (AvgIpc) is 2.64. The Hall–Kier alpha value is -2.90. The molecule has 0 aliphatic rings. The molecular weight excluding hydrogens is 426 g/mol. The molecule has 0 unspecified atom stereocenters. The normalized spacial score (nSPS) is 11.1. The van der Waals surface area contributed by atoms with Gasteiger partial charge < -0.3 is 10.6 Å². The fourth-order valence-electron chi connectivity index (χ4n) is 3.59. The third-order valence-corrected chi connectivity index (χ3v) is 6.39. The molecule has 0 spiro atoms. The minimum absolute atomic E-state index is 0.186. The summed E-state index contributed by atoms with van der Waals surface area (Å²) in [4.78, 5) is 0.186. The summed E-state index contributed by atoms with van der Waals surface area (Å²) in [5.74, 6) is 0. The Kier molecular flexibility index (Phi) is 6.67. The monoisotopic (exact) mass is 453 g/mol. The highest BCUT2D eigenvalue weighted by Crippen LogP contribution is 2.25. The summed E-state index contributed by atoms with van der Waals surface area (Å²) in [7, 11) is -3.70. The van der Waals surface area contributed by atoms with Gasteiger partial charge in [0.15, 0.2) is 5.11 Å². The fraction of sp³-hybridized carbons (Fsp3) is 0.208. The Bertz CT molecular complexity index is 1190. The average molecular weight is 454 g/mol. The zero-order chi connectivity index (χ0) is 22.8. The second-order valence-electron chi connectivity index (χ2n) is 7.86. The van der Waals surface area contributed by atoms with Gasteiger partial charge >= 0.3 is 0 Å². The number of nitrogens with one attached hydrogen (secondary N) is 3. The van der Waals surface area contributed by atoms with Crippen LogP contribution in [0, 0.1) is 34.6 Å². The van der Waals surface area contributed by atoms with Gasteiger partial charge in [0.25, 0.3) is 10.0 Å². The number of sulfonamides is 1. The lowest BCUT2D eigenvalue weighted by Crippen LogP contribution is -2.19. The lowest BCUT2D eigenvalue weighted by molar-refractivity contribution is 0.601. The van der Waals surface area contributed by atoms with Gasteiger partial charge in [-0.15, -0.1) is 0 Å². The molecule has 0 bridgehead atoms. The number of benzene rings is 3. The van der Waals surface area contributed by atoms with Crippen molar-refractivity contribution >= 4 is 44.4 Å². The van der Waals surface area contributed by atoms with E-state index in [0.29, 0.717) is 16.5 Å². The van der Waals surface area contributed by atoms with E-state index in [1.54, 1.807) is 24.3 Å². The smallest absolute Gasteiger partial charge is 0.261 e. The van der Waals surface area contributed by atoms with Crippen LogP contribution in [0.5, 0.6) is 0 Å². The standard InChI is InChI=1S/C24H27N3O2S2/c1-15-10-16(2)14-21(13-15)26-24(30)25-20-6-8-22(9-7-20)31(28,29)27-23-18(4)11-17(3)12-19(23)5/h6-14,27H,1-5H3,(H2,25,26,30). The van der Waals surface area contributed by atoms with E-state index in [4.69, 9.17) is 12.2 Å². The van der Waals surface area contributed by atoms with Crippen molar-refractivity contribution in [3.05, 3.63) is 82.4 Å². The summed E-state index contributed by atoms with van der Waals surface area (Å²) < 4.78 is 28.4. The minimum Gasteiger partial charge on any atom is -0.332 e. The van der Waals surface area contributed by atoms with Gasteiger partial charge in [0, 0.05) is 11.4 Å². The van der Waals surface area contributed by atoms with Crippen LogP contribution in [0.3, 0.4) is 0 Å². The minimum atomic E-state index is -3.70. The Morgan fingerprint density at radius 1 is 0.710 bits per heavy atom. The zero-order valence-corrected chi connectivity index (χ0v) is 20.0. The zero-order valence-electron chi connectivity index (χ0n) is 18.3. The molecule has 0 aromatic heterocycles. The summed E-state index contributed by atoms with van der Waals surface area (Å²) in [6.07, 6.45) is 0. The van der Waals surface area contributed by atoms with E-state index in [1.165, 1.54) is 0 Å². The van der Waals surface area contributed by atoms with E-state index in [2.05, 4.69) is 21.4 Å². The molecule has 3 N–H and O–H groups in total. The second-order valence-corrected chi connectivity index (χ2v) is 9.95. The molecule has 0 heterocycles. The van der Waals surface area contributed by atoms with Gasteiger partial charge in [-0.2, -0.15) is 0 Å². The van der Waals surface area contributed by atoms with Crippen molar-refractivity contribution in [3.8, 4) is 0 Å². The van der Waals surface area contributed by atoms with E-state index in [-0.39, 0.29) is 4.90 Å². The molecule has 31 heavy (non-hydrogen) atoms. The molecule has 3 aromatic carbocycles. The van der Waals surface area contributed by atoms with E-state index < -0.39 is 10.0 Å². The van der Waals surface area contributed by atoms with Crippen LogP contribution in [0.1, 0.15) is 27.8 Å². The predicted octanol–water partition coefficient (Wildman–Crippen LogP) is 5.84. The lowest BCUT2D eigenvalue weighted by Gasteiger charge is -2.15. The SMILES string of the molecule is Cc1cc(C)cc(NC(=S)Nc2ccc(S(=O)(=O)Nc3c(C)cc(C)cc3C)cc2)c1. The summed E-state index contributed by atoms with van der Waals surface area (Å²) in [6, 6.07) is 16.5. The van der Waals surface area contributed by atoms with Crippen molar-refractivity contribution in [1.82, 2.24) is 0 Å². The Labute approximate surface area is 190 Å². The van der Waals surface area contributed by atoms with Gasteiger partial charge in [-0.25, -0.2) is 8.42 Å². The van der Waals surface area contributed by atoms with E-state index in [1.807, 2.05) is 58.9 Å². The van der Waals surface area contributed by atoms with Crippen molar-refractivity contribution in [2.24, 2.45) is 0 Å². The maximum absolute atomic E-state index is 12.9. The molecule has 0 saturated carbocycles. The van der Waals surface area contributed by atoms with Crippen LogP contribution in [-0.4, -0.2) is 13.5 Å². The molecule has 0 atom stereocenters. The maximum atomic E-state index is 12.9. The summed E-state index contributed by atoms with van der Waals surface area (Å²) in [6.45, 7) is 9.84. The first-order chi connectivity index (χ1) is 14.5. The highest BCUT2D eigenvalue weighted by atomic mass is 32.2. The van der Waals surface area contributed by atoms with Crippen LogP contribution in [0.2, 0.25) is 0 Å². The highest BCUT2D eigenvalue weighted by Gasteiger charge is 2.17. The van der Waals surface area contributed by atoms with Crippen LogP contribution in [0.4, 0.5) is 17.1 Å². The van der Waals surface area contributed by atoms with Gasteiger partial charge in [-0.3, -0.25) is 4.72 Å². The first kappa shape index (κ1) is 22.8. The number of aryl methyl sites for hydroxylation is 5. The number of hydrogen-bond donors (Lipinski definition) is 3. The van der Waals surface area contributed by atoms with E-state index in [9.17, 15) is 8.42 Å². The Morgan fingerprint density at radius 3 is 1.74 bits per heavy atom. The van der Waals surface area contributed by atoms with Crippen molar-refractivity contribution in [2.45, 2.75) is 39.5 Å². The maximum Gasteiger partial charge on any atom is 0.261 e. The summed E-state index contributed by atoms with van der Waals surface area (Å²) in [5.41, 5.74) is 7.39. The topological polar surface area (TPSA) is 70.2 Å². The largest absolute Gasteiger partial charge is 0.332 e. The van der Waals surface area contributed by atoms with Crippen molar-refractivity contribution in [2.75, 3.05) is 15.4 Å². The number of anilines is 3. The number of hydrogen-bond acceptors (Lipinski definition) is 3. The van der Waals surface area contributed by atoms with Crippen LogP contribution in [-0.2, 0) is 10.0 Å². The molecular formula is C24H27N3O2S2. The Balaban J connectivity index is 1.71. The van der Waals surface area contributed by atoms with Gasteiger partial charge in [-0.1, -0.05) is 23.8 Å². The van der Waals surface area contributed by atoms with Crippen molar-refractivity contribution in [3.63, 3.8) is 0 Å². The third-order valence-electron chi connectivity index (χ3n) is 4.82. The van der Waals surface area contributed by atoms with Gasteiger partial charge in [0.2, 0.25) is 0 Å². The molecule has 0 radical (unpaired) electrons. The Morgan fingerprint density at radius 2 is 1.19 bits per heavy atom. The molecule has 0 fully saturated rings. The third kappa shape index (κ3) is 5.83. The number of rotatable bonds is 5. The first-order valence-corrected chi connectivity index (χ1v) is 11.8. The molecule has 162 valence electrons. The molecule has 0 saturated heterocycles. The molecule has 7 heteroatoms. The fourth-order valence-corrected chi connectivity index (χ4v) is 5.03. The van der Waals surface area contributed by atoms with E-state index >= 15 is 0 Å². The quantitative estimate of drug-likeness (QED) is 0.424. The molecule has 0 aliphatic carbocycles. The lowest BCUT2D eigenvalue weighted by atomic mass is 10.1.